The van der Waals surface area contributed by atoms with Gasteiger partial charge in [-0.25, -0.2) is 4.98 Å². The van der Waals surface area contributed by atoms with Crippen LogP contribution in [0.2, 0.25) is 0 Å². The zero-order valence-electron chi connectivity index (χ0n) is 10.4. The molecule has 5 nitrogen and oxygen atoms in total. The van der Waals surface area contributed by atoms with Gasteiger partial charge in [0.1, 0.15) is 10.6 Å². The van der Waals surface area contributed by atoms with Crippen molar-refractivity contribution in [2.45, 2.75) is 6.54 Å². The highest BCUT2D eigenvalue weighted by Crippen LogP contribution is 2.26. The monoisotopic (exact) mass is 271 g/mol. The molecule has 0 amide bonds. The SMILES string of the molecule is CNc1nc(NCc2ccncc2)c2ccsc2n1. The van der Waals surface area contributed by atoms with Crippen LogP contribution in [0.3, 0.4) is 0 Å². The molecule has 96 valence electrons. The van der Waals surface area contributed by atoms with Crippen LogP contribution < -0.4 is 10.6 Å². The van der Waals surface area contributed by atoms with E-state index in [4.69, 9.17) is 0 Å². The van der Waals surface area contributed by atoms with Gasteiger partial charge >= 0.3 is 0 Å². The van der Waals surface area contributed by atoms with E-state index in [2.05, 4.69) is 25.6 Å². The average molecular weight is 271 g/mol. The van der Waals surface area contributed by atoms with Gasteiger partial charge in [0.2, 0.25) is 5.95 Å². The fourth-order valence-electron chi connectivity index (χ4n) is 1.79. The molecule has 2 N–H and O–H groups in total. The molecule has 3 aromatic heterocycles. The Morgan fingerprint density at radius 1 is 1.16 bits per heavy atom. The van der Waals surface area contributed by atoms with Gasteiger partial charge in [-0.05, 0) is 29.1 Å². The Bertz CT molecular complexity index is 680. The third-order valence-electron chi connectivity index (χ3n) is 2.76. The van der Waals surface area contributed by atoms with Crippen LogP contribution in [0, 0.1) is 0 Å². The van der Waals surface area contributed by atoms with E-state index < -0.39 is 0 Å². The second-order valence-electron chi connectivity index (χ2n) is 3.99. The minimum Gasteiger partial charge on any atom is -0.365 e. The number of nitrogens with one attached hydrogen (secondary N) is 2. The molecule has 3 heterocycles. The largest absolute Gasteiger partial charge is 0.365 e. The smallest absolute Gasteiger partial charge is 0.225 e. The van der Waals surface area contributed by atoms with Crippen molar-refractivity contribution >= 4 is 33.3 Å². The molecule has 0 bridgehead atoms. The maximum Gasteiger partial charge on any atom is 0.225 e. The van der Waals surface area contributed by atoms with E-state index in [1.54, 1.807) is 23.7 Å². The molecular formula is C13H13N5S. The van der Waals surface area contributed by atoms with Crippen LogP contribution in [0.25, 0.3) is 10.2 Å². The van der Waals surface area contributed by atoms with Crippen molar-refractivity contribution in [3.8, 4) is 0 Å². The average Bonchev–Trinajstić information content (AvgIpc) is 2.94. The molecule has 0 saturated heterocycles. The molecule has 0 spiro atoms. The molecule has 0 aliphatic rings. The quantitative estimate of drug-likeness (QED) is 0.764. The lowest BCUT2D eigenvalue weighted by molar-refractivity contribution is 1.09. The zero-order valence-corrected chi connectivity index (χ0v) is 11.2. The van der Waals surface area contributed by atoms with Crippen LogP contribution in [0.15, 0.2) is 36.0 Å². The first kappa shape index (κ1) is 11.9. The molecule has 0 saturated carbocycles. The molecule has 0 unspecified atom stereocenters. The van der Waals surface area contributed by atoms with Gasteiger partial charge in [0.15, 0.2) is 0 Å². The van der Waals surface area contributed by atoms with Crippen LogP contribution in [0.1, 0.15) is 5.56 Å². The molecule has 3 rings (SSSR count). The minimum atomic E-state index is 0.632. The standard InChI is InChI=1S/C13H13N5S/c1-14-13-17-11(10-4-7-19-12(10)18-13)16-8-9-2-5-15-6-3-9/h2-7H,8H2,1H3,(H2,14,16,17,18). The van der Waals surface area contributed by atoms with Crippen molar-refractivity contribution in [3.05, 3.63) is 41.5 Å². The van der Waals surface area contributed by atoms with E-state index in [-0.39, 0.29) is 0 Å². The molecule has 0 radical (unpaired) electrons. The van der Waals surface area contributed by atoms with Gasteiger partial charge < -0.3 is 10.6 Å². The van der Waals surface area contributed by atoms with Crippen molar-refractivity contribution in [3.63, 3.8) is 0 Å². The van der Waals surface area contributed by atoms with Crippen molar-refractivity contribution in [2.24, 2.45) is 0 Å². The van der Waals surface area contributed by atoms with Crippen molar-refractivity contribution in [1.82, 2.24) is 15.0 Å². The molecule has 0 aliphatic heterocycles. The summed E-state index contributed by atoms with van der Waals surface area (Å²) in [6.45, 7) is 0.716. The molecule has 0 aromatic carbocycles. The number of aromatic nitrogens is 3. The lowest BCUT2D eigenvalue weighted by atomic mass is 10.2. The Hall–Kier alpha value is -2.21. The van der Waals surface area contributed by atoms with E-state index in [0.717, 1.165) is 16.0 Å². The molecule has 19 heavy (non-hydrogen) atoms. The summed E-state index contributed by atoms with van der Waals surface area (Å²) in [5.41, 5.74) is 1.17. The number of pyridine rings is 1. The zero-order chi connectivity index (χ0) is 13.1. The summed E-state index contributed by atoms with van der Waals surface area (Å²) in [6, 6.07) is 6.00. The van der Waals surface area contributed by atoms with Crippen LogP contribution in [-0.2, 0) is 6.54 Å². The highest BCUT2D eigenvalue weighted by atomic mass is 32.1. The minimum absolute atomic E-state index is 0.632. The van der Waals surface area contributed by atoms with E-state index in [1.807, 2.05) is 30.6 Å². The van der Waals surface area contributed by atoms with Crippen molar-refractivity contribution in [2.75, 3.05) is 17.7 Å². The van der Waals surface area contributed by atoms with Crippen LogP contribution in [0.4, 0.5) is 11.8 Å². The van der Waals surface area contributed by atoms with E-state index in [0.29, 0.717) is 12.5 Å². The number of fused-ring (bicyclic) bond motifs is 1. The molecule has 0 fully saturated rings. The summed E-state index contributed by atoms with van der Waals surface area (Å²) in [6.07, 6.45) is 3.58. The summed E-state index contributed by atoms with van der Waals surface area (Å²) in [5.74, 6) is 1.49. The number of rotatable bonds is 4. The highest BCUT2D eigenvalue weighted by molar-refractivity contribution is 7.16. The Kier molecular flexibility index (Phi) is 3.24. The maximum absolute atomic E-state index is 4.46. The van der Waals surface area contributed by atoms with Crippen molar-refractivity contribution < 1.29 is 0 Å². The van der Waals surface area contributed by atoms with Gasteiger partial charge in [0.25, 0.3) is 0 Å². The number of thiophene rings is 1. The summed E-state index contributed by atoms with van der Waals surface area (Å²) in [4.78, 5) is 13.9. The molecule has 6 heteroatoms. The first-order valence-electron chi connectivity index (χ1n) is 5.92. The predicted octanol–water partition coefficient (Wildman–Crippen LogP) is 2.74. The third-order valence-corrected chi connectivity index (χ3v) is 3.56. The van der Waals surface area contributed by atoms with Gasteiger partial charge in [-0.15, -0.1) is 11.3 Å². The fraction of sp³-hybridized carbons (Fsp3) is 0.154. The molecule has 0 aliphatic carbocycles. The van der Waals surface area contributed by atoms with Gasteiger partial charge in [-0.2, -0.15) is 4.98 Å². The second kappa shape index (κ2) is 5.19. The number of hydrogen-bond acceptors (Lipinski definition) is 6. The van der Waals surface area contributed by atoms with E-state index in [1.165, 1.54) is 5.56 Å². The molecule has 3 aromatic rings. The fourth-order valence-corrected chi connectivity index (χ4v) is 2.55. The first-order chi connectivity index (χ1) is 9.36. The summed E-state index contributed by atoms with van der Waals surface area (Å²) in [5, 5.41) is 9.41. The first-order valence-corrected chi connectivity index (χ1v) is 6.80. The summed E-state index contributed by atoms with van der Waals surface area (Å²) in [7, 11) is 1.82. The maximum atomic E-state index is 4.46. The van der Waals surface area contributed by atoms with E-state index >= 15 is 0 Å². The number of nitrogens with zero attached hydrogens (tertiary/aromatic N) is 3. The topological polar surface area (TPSA) is 62.7 Å². The second-order valence-corrected chi connectivity index (χ2v) is 4.89. The van der Waals surface area contributed by atoms with Crippen LogP contribution in [-0.4, -0.2) is 22.0 Å². The molecular weight excluding hydrogens is 258 g/mol. The molecule has 0 atom stereocenters. The lowest BCUT2D eigenvalue weighted by Crippen LogP contribution is -2.04. The summed E-state index contributed by atoms with van der Waals surface area (Å²) >= 11 is 1.61. The Morgan fingerprint density at radius 3 is 2.79 bits per heavy atom. The summed E-state index contributed by atoms with van der Waals surface area (Å²) < 4.78 is 0. The third kappa shape index (κ3) is 2.48. The Morgan fingerprint density at radius 2 is 2.00 bits per heavy atom. The van der Waals surface area contributed by atoms with Gasteiger partial charge in [0.05, 0.1) is 5.39 Å². The Balaban J connectivity index is 1.89. The van der Waals surface area contributed by atoms with Crippen LogP contribution in [0.5, 0.6) is 0 Å². The van der Waals surface area contributed by atoms with Crippen molar-refractivity contribution in [1.29, 1.82) is 0 Å². The number of hydrogen-bond donors (Lipinski definition) is 2. The predicted molar refractivity (Wildman–Crippen MR) is 78.5 cm³/mol. The Labute approximate surface area is 114 Å². The number of anilines is 2. The highest BCUT2D eigenvalue weighted by Gasteiger charge is 2.07. The van der Waals surface area contributed by atoms with Gasteiger partial charge in [-0.1, -0.05) is 0 Å². The lowest BCUT2D eigenvalue weighted by Gasteiger charge is -2.08. The van der Waals surface area contributed by atoms with E-state index in [9.17, 15) is 0 Å². The van der Waals surface area contributed by atoms with Gasteiger partial charge in [-0.3, -0.25) is 4.98 Å². The van der Waals surface area contributed by atoms with Crippen LogP contribution >= 0.6 is 11.3 Å². The van der Waals surface area contributed by atoms with Gasteiger partial charge in [0, 0.05) is 26.0 Å². The normalized spacial score (nSPS) is 10.6.